The molecule has 0 unspecified atom stereocenters. The van der Waals surface area contributed by atoms with Crippen molar-refractivity contribution in [3.05, 3.63) is 23.8 Å². The molecule has 0 bridgehead atoms. The predicted octanol–water partition coefficient (Wildman–Crippen LogP) is 2.06. The lowest BCUT2D eigenvalue weighted by molar-refractivity contribution is -0.131. The van der Waals surface area contributed by atoms with Gasteiger partial charge in [0.2, 0.25) is 5.91 Å². The molecule has 0 aromatic heterocycles. The summed E-state index contributed by atoms with van der Waals surface area (Å²) in [6.45, 7) is 5.77. The molecule has 3 rings (SSSR count). The Morgan fingerprint density at radius 2 is 1.81 bits per heavy atom. The maximum atomic E-state index is 12.6. The van der Waals surface area contributed by atoms with E-state index in [0.29, 0.717) is 38.5 Å². The Bertz CT molecular complexity index is 751. The van der Waals surface area contributed by atoms with Gasteiger partial charge in [0.1, 0.15) is 13.2 Å². The first-order valence-electron chi connectivity index (χ1n) is 9.23. The second-order valence-corrected chi connectivity index (χ2v) is 9.96. The van der Waals surface area contributed by atoms with Crippen molar-refractivity contribution >= 4 is 15.7 Å². The van der Waals surface area contributed by atoms with Crippen molar-refractivity contribution in [1.82, 2.24) is 4.90 Å². The van der Waals surface area contributed by atoms with Crippen molar-refractivity contribution in [3.8, 4) is 11.5 Å². The van der Waals surface area contributed by atoms with Gasteiger partial charge in [-0.1, -0.05) is 6.07 Å². The van der Waals surface area contributed by atoms with Crippen LogP contribution < -0.4 is 9.47 Å². The van der Waals surface area contributed by atoms with Crippen LogP contribution in [0.25, 0.3) is 0 Å². The van der Waals surface area contributed by atoms with E-state index in [9.17, 15) is 13.2 Å². The molecular formula is C19H27NO5S. The Morgan fingerprint density at radius 3 is 2.46 bits per heavy atom. The fourth-order valence-electron chi connectivity index (χ4n) is 3.35. The lowest BCUT2D eigenvalue weighted by atomic mass is 9.98. The molecule has 2 aliphatic rings. The van der Waals surface area contributed by atoms with Gasteiger partial charge in [0, 0.05) is 13.1 Å². The molecule has 0 N–H and O–H groups in total. The minimum atomic E-state index is -3.02. The van der Waals surface area contributed by atoms with Crippen molar-refractivity contribution in [2.24, 2.45) is 5.92 Å². The van der Waals surface area contributed by atoms with Crippen LogP contribution in [0, 0.1) is 5.92 Å². The van der Waals surface area contributed by atoms with Gasteiger partial charge >= 0.3 is 0 Å². The van der Waals surface area contributed by atoms with Crippen molar-refractivity contribution in [2.75, 3.05) is 32.1 Å². The number of nitrogens with zero attached hydrogens (tertiary/aromatic N) is 1. The summed E-state index contributed by atoms with van der Waals surface area (Å²) in [5.74, 6) is 1.88. The average Bonchev–Trinajstić information content (AvgIpc) is 2.61. The molecule has 0 atom stereocenters. The Kier molecular flexibility index (Phi) is 5.75. The number of carbonyl (C=O) groups excluding carboxylic acids is 1. The maximum absolute atomic E-state index is 12.6. The molecule has 0 spiro atoms. The molecule has 6 nitrogen and oxygen atoms in total. The van der Waals surface area contributed by atoms with Gasteiger partial charge in [-0.2, -0.15) is 0 Å². The lowest BCUT2D eigenvalue weighted by Crippen LogP contribution is -2.41. The second kappa shape index (κ2) is 7.86. The zero-order valence-electron chi connectivity index (χ0n) is 15.4. The molecule has 144 valence electrons. The van der Waals surface area contributed by atoms with Gasteiger partial charge in [-0.25, -0.2) is 8.42 Å². The standard InChI is InChI=1S/C19H27NO5S/c1-14(2)26(22,23)13-15-5-7-20(8-6-15)19(21)12-16-3-4-17-18(11-16)25-10-9-24-17/h3-4,11,14-15H,5-10,12-13H2,1-2H3. The normalized spacial score (nSPS) is 18.2. The fourth-order valence-corrected chi connectivity index (χ4v) is 4.73. The highest BCUT2D eigenvalue weighted by Gasteiger charge is 2.28. The third-order valence-corrected chi connectivity index (χ3v) is 7.49. The van der Waals surface area contributed by atoms with E-state index >= 15 is 0 Å². The number of benzene rings is 1. The Labute approximate surface area is 155 Å². The van der Waals surface area contributed by atoms with E-state index < -0.39 is 9.84 Å². The number of hydrogen-bond acceptors (Lipinski definition) is 5. The molecule has 0 saturated carbocycles. The van der Waals surface area contributed by atoms with Gasteiger partial charge in [0.25, 0.3) is 0 Å². The first-order valence-corrected chi connectivity index (χ1v) is 10.9. The van der Waals surface area contributed by atoms with Crippen molar-refractivity contribution in [1.29, 1.82) is 0 Å². The third-order valence-electron chi connectivity index (χ3n) is 5.12. The Morgan fingerprint density at radius 1 is 1.15 bits per heavy atom. The number of likely N-dealkylation sites (tertiary alicyclic amines) is 1. The number of rotatable bonds is 5. The number of amides is 1. The molecule has 1 aromatic carbocycles. The quantitative estimate of drug-likeness (QED) is 0.781. The van der Waals surface area contributed by atoms with Gasteiger partial charge in [-0.05, 0) is 50.3 Å². The first-order chi connectivity index (χ1) is 12.3. The van der Waals surface area contributed by atoms with Gasteiger partial charge in [-0.15, -0.1) is 0 Å². The summed E-state index contributed by atoms with van der Waals surface area (Å²) in [5.41, 5.74) is 0.906. The highest BCUT2D eigenvalue weighted by molar-refractivity contribution is 7.91. The van der Waals surface area contributed by atoms with Crippen LogP contribution in [0.5, 0.6) is 11.5 Å². The zero-order valence-corrected chi connectivity index (χ0v) is 16.3. The van der Waals surface area contributed by atoms with E-state index in [1.165, 1.54) is 0 Å². The van der Waals surface area contributed by atoms with Gasteiger partial charge < -0.3 is 14.4 Å². The number of piperidine rings is 1. The summed E-state index contributed by atoms with van der Waals surface area (Å²) in [7, 11) is -3.02. The Hall–Kier alpha value is -1.76. The predicted molar refractivity (Wildman–Crippen MR) is 99.4 cm³/mol. The van der Waals surface area contributed by atoms with Gasteiger partial charge in [0.05, 0.1) is 17.4 Å². The molecular weight excluding hydrogens is 354 g/mol. The second-order valence-electron chi connectivity index (χ2n) is 7.36. The highest BCUT2D eigenvalue weighted by Crippen LogP contribution is 2.31. The van der Waals surface area contributed by atoms with E-state index in [2.05, 4.69) is 0 Å². The highest BCUT2D eigenvalue weighted by atomic mass is 32.2. The van der Waals surface area contributed by atoms with Crippen molar-refractivity contribution in [2.45, 2.75) is 38.4 Å². The van der Waals surface area contributed by atoms with Gasteiger partial charge in [0.15, 0.2) is 21.3 Å². The van der Waals surface area contributed by atoms with E-state index in [4.69, 9.17) is 9.47 Å². The van der Waals surface area contributed by atoms with Crippen LogP contribution >= 0.6 is 0 Å². The minimum absolute atomic E-state index is 0.0758. The first kappa shape index (κ1) is 19.0. The van der Waals surface area contributed by atoms with Gasteiger partial charge in [-0.3, -0.25) is 4.79 Å². The summed E-state index contributed by atoms with van der Waals surface area (Å²) >= 11 is 0. The van der Waals surface area contributed by atoms with Crippen LogP contribution in [0.3, 0.4) is 0 Å². The number of hydrogen-bond donors (Lipinski definition) is 0. The molecule has 1 aromatic rings. The van der Waals surface area contributed by atoms with Crippen LogP contribution in [-0.4, -0.2) is 56.5 Å². The fraction of sp³-hybridized carbons (Fsp3) is 0.632. The monoisotopic (exact) mass is 381 g/mol. The molecule has 0 radical (unpaired) electrons. The lowest BCUT2D eigenvalue weighted by Gasteiger charge is -2.32. The number of carbonyl (C=O) groups is 1. The molecule has 26 heavy (non-hydrogen) atoms. The van der Waals surface area contributed by atoms with Crippen LogP contribution in [0.4, 0.5) is 0 Å². The zero-order chi connectivity index (χ0) is 18.7. The van der Waals surface area contributed by atoms with Crippen LogP contribution in [0.2, 0.25) is 0 Å². The molecule has 1 saturated heterocycles. The molecule has 7 heteroatoms. The van der Waals surface area contributed by atoms with Crippen LogP contribution in [-0.2, 0) is 21.1 Å². The summed E-state index contributed by atoms with van der Waals surface area (Å²) in [6, 6.07) is 5.61. The summed E-state index contributed by atoms with van der Waals surface area (Å²) < 4.78 is 35.2. The smallest absolute Gasteiger partial charge is 0.226 e. The summed E-state index contributed by atoms with van der Waals surface area (Å²) in [5, 5.41) is -0.336. The average molecular weight is 381 g/mol. The molecule has 0 aliphatic carbocycles. The van der Waals surface area contributed by atoms with E-state index in [-0.39, 0.29) is 22.8 Å². The molecule has 1 fully saturated rings. The van der Waals surface area contributed by atoms with Crippen LogP contribution in [0.1, 0.15) is 32.3 Å². The number of fused-ring (bicyclic) bond motifs is 1. The Balaban J connectivity index is 1.52. The summed E-state index contributed by atoms with van der Waals surface area (Å²) in [4.78, 5) is 14.4. The van der Waals surface area contributed by atoms with Crippen molar-refractivity contribution < 1.29 is 22.7 Å². The minimum Gasteiger partial charge on any atom is -0.486 e. The maximum Gasteiger partial charge on any atom is 0.226 e. The molecule has 2 heterocycles. The van der Waals surface area contributed by atoms with E-state index in [0.717, 1.165) is 24.2 Å². The third kappa shape index (κ3) is 4.50. The van der Waals surface area contributed by atoms with Crippen LogP contribution in [0.15, 0.2) is 18.2 Å². The van der Waals surface area contributed by atoms with E-state index in [1.54, 1.807) is 13.8 Å². The molecule has 1 amide bonds. The number of sulfone groups is 1. The number of ether oxygens (including phenoxy) is 2. The van der Waals surface area contributed by atoms with Crippen molar-refractivity contribution in [3.63, 3.8) is 0 Å². The molecule has 2 aliphatic heterocycles. The largest absolute Gasteiger partial charge is 0.486 e. The summed E-state index contributed by atoms with van der Waals surface area (Å²) in [6.07, 6.45) is 1.82. The topological polar surface area (TPSA) is 72.9 Å². The SMILES string of the molecule is CC(C)S(=O)(=O)CC1CCN(C(=O)Cc2ccc3c(c2)OCCO3)CC1. The van der Waals surface area contributed by atoms with E-state index in [1.807, 2.05) is 23.1 Å².